The van der Waals surface area contributed by atoms with Crippen LogP contribution in [0.25, 0.3) is 0 Å². The number of aromatic hydroxyl groups is 2. The Balaban J connectivity index is 2.64. The van der Waals surface area contributed by atoms with Gasteiger partial charge in [0.1, 0.15) is 11.5 Å². The molecule has 0 aromatic heterocycles. The predicted octanol–water partition coefficient (Wildman–Crippen LogP) is 5.70. The molecule has 0 fully saturated rings. The van der Waals surface area contributed by atoms with Crippen molar-refractivity contribution in [3.63, 3.8) is 0 Å². The fourth-order valence-electron chi connectivity index (χ4n) is 3.32. The standard InChI is InChI=1S/C22H31O2P/c1-21(2,3)17-11-7-9-14(19(17)23)16(13-25)15-10-8-12-18(20(15)24)22(4,5)6/h7-12,16,23-24H,13,25H2,1-6H3. The Kier molecular flexibility index (Phi) is 5.54. The van der Waals surface area contributed by atoms with Gasteiger partial charge < -0.3 is 10.2 Å². The van der Waals surface area contributed by atoms with Crippen LogP contribution >= 0.6 is 9.24 Å². The van der Waals surface area contributed by atoms with Gasteiger partial charge in [-0.05, 0) is 28.1 Å². The second-order valence-electron chi connectivity index (χ2n) is 8.78. The lowest BCUT2D eigenvalue weighted by molar-refractivity contribution is 0.430. The summed E-state index contributed by atoms with van der Waals surface area (Å²) in [4.78, 5) is 0. The highest BCUT2D eigenvalue weighted by atomic mass is 31.0. The first-order valence-electron chi connectivity index (χ1n) is 8.83. The minimum atomic E-state index is -0.138. The van der Waals surface area contributed by atoms with Crippen molar-refractivity contribution in [2.24, 2.45) is 0 Å². The van der Waals surface area contributed by atoms with Crippen molar-refractivity contribution >= 4 is 9.24 Å². The van der Waals surface area contributed by atoms with Gasteiger partial charge >= 0.3 is 0 Å². The molecule has 0 aliphatic carbocycles. The van der Waals surface area contributed by atoms with E-state index < -0.39 is 0 Å². The molecule has 2 aromatic rings. The average Bonchev–Trinajstić information content (AvgIpc) is 2.48. The maximum absolute atomic E-state index is 10.9. The summed E-state index contributed by atoms with van der Waals surface area (Å²) >= 11 is 0. The lowest BCUT2D eigenvalue weighted by atomic mass is 9.80. The van der Waals surface area contributed by atoms with Crippen molar-refractivity contribution in [2.75, 3.05) is 6.16 Å². The Bertz CT molecular complexity index is 688. The molecule has 1 unspecified atom stereocenters. The van der Waals surface area contributed by atoms with Crippen molar-refractivity contribution in [1.29, 1.82) is 0 Å². The number of phenols is 2. The van der Waals surface area contributed by atoms with Gasteiger partial charge in [-0.25, -0.2) is 0 Å². The van der Waals surface area contributed by atoms with Gasteiger partial charge in [-0.3, -0.25) is 0 Å². The van der Waals surface area contributed by atoms with E-state index in [1.54, 1.807) is 0 Å². The molecule has 2 N–H and O–H groups in total. The van der Waals surface area contributed by atoms with Crippen molar-refractivity contribution in [2.45, 2.75) is 58.3 Å². The van der Waals surface area contributed by atoms with Gasteiger partial charge in [0.15, 0.2) is 0 Å². The molecule has 0 bridgehead atoms. The monoisotopic (exact) mass is 358 g/mol. The number of benzene rings is 2. The van der Waals surface area contributed by atoms with E-state index in [0.29, 0.717) is 11.5 Å². The number of phenolic OH excluding ortho intramolecular Hbond substituents is 2. The Morgan fingerprint density at radius 1 is 0.760 bits per heavy atom. The van der Waals surface area contributed by atoms with Gasteiger partial charge in [-0.2, -0.15) is 0 Å². The van der Waals surface area contributed by atoms with Crippen LogP contribution in [0.2, 0.25) is 0 Å². The van der Waals surface area contributed by atoms with E-state index in [1.807, 2.05) is 36.4 Å². The lowest BCUT2D eigenvalue weighted by Gasteiger charge is -2.27. The molecule has 0 spiro atoms. The van der Waals surface area contributed by atoms with Crippen LogP contribution in [-0.4, -0.2) is 16.4 Å². The van der Waals surface area contributed by atoms with E-state index in [9.17, 15) is 10.2 Å². The minimum Gasteiger partial charge on any atom is -0.507 e. The highest BCUT2D eigenvalue weighted by molar-refractivity contribution is 7.16. The molecule has 3 heteroatoms. The largest absolute Gasteiger partial charge is 0.507 e. The van der Waals surface area contributed by atoms with Crippen LogP contribution in [0.3, 0.4) is 0 Å². The number of rotatable bonds is 3. The maximum Gasteiger partial charge on any atom is 0.123 e. The summed E-state index contributed by atoms with van der Waals surface area (Å²) in [5.41, 5.74) is 3.31. The number of hydrogen-bond acceptors (Lipinski definition) is 2. The fraction of sp³-hybridized carbons (Fsp3) is 0.455. The SMILES string of the molecule is CC(C)(C)c1cccc(C(CP)c2cccc(C(C)(C)C)c2O)c1O. The first kappa shape index (κ1) is 19.8. The van der Waals surface area contributed by atoms with E-state index in [1.165, 1.54) is 0 Å². The quantitative estimate of drug-likeness (QED) is 0.691. The summed E-state index contributed by atoms with van der Waals surface area (Å²) in [6.07, 6.45) is 0.725. The van der Waals surface area contributed by atoms with Gasteiger partial charge in [0, 0.05) is 17.0 Å². The Morgan fingerprint density at radius 3 is 1.40 bits per heavy atom. The maximum atomic E-state index is 10.9. The summed E-state index contributed by atoms with van der Waals surface area (Å²) < 4.78 is 0. The molecule has 0 aliphatic heterocycles. The number of para-hydroxylation sites is 2. The summed E-state index contributed by atoms with van der Waals surface area (Å²) in [7, 11) is 2.76. The van der Waals surface area contributed by atoms with E-state index in [2.05, 4.69) is 50.8 Å². The van der Waals surface area contributed by atoms with E-state index >= 15 is 0 Å². The summed E-state index contributed by atoms with van der Waals surface area (Å²) in [5.74, 6) is 0.598. The zero-order valence-electron chi connectivity index (χ0n) is 16.2. The van der Waals surface area contributed by atoms with Crippen LogP contribution in [0.1, 0.15) is 69.7 Å². The molecule has 0 radical (unpaired) electrons. The van der Waals surface area contributed by atoms with Gasteiger partial charge in [-0.15, -0.1) is 9.24 Å². The molecule has 1 atom stereocenters. The van der Waals surface area contributed by atoms with Crippen LogP contribution < -0.4 is 0 Å². The third-order valence-electron chi connectivity index (χ3n) is 4.74. The molecule has 2 aromatic carbocycles. The smallest absolute Gasteiger partial charge is 0.123 e. The van der Waals surface area contributed by atoms with E-state index in [-0.39, 0.29) is 16.7 Å². The lowest BCUT2D eigenvalue weighted by Crippen LogP contribution is -2.15. The first-order chi connectivity index (χ1) is 11.5. The third-order valence-corrected chi connectivity index (χ3v) is 5.21. The highest BCUT2D eigenvalue weighted by Gasteiger charge is 2.27. The second-order valence-corrected chi connectivity index (χ2v) is 9.25. The zero-order valence-corrected chi connectivity index (χ0v) is 17.4. The Morgan fingerprint density at radius 2 is 1.12 bits per heavy atom. The minimum absolute atomic E-state index is 0.0744. The van der Waals surface area contributed by atoms with E-state index in [0.717, 1.165) is 28.4 Å². The topological polar surface area (TPSA) is 40.5 Å². The van der Waals surface area contributed by atoms with Crippen molar-refractivity contribution in [3.05, 3.63) is 58.7 Å². The third kappa shape index (κ3) is 4.01. The molecule has 2 rings (SSSR count). The average molecular weight is 358 g/mol. The normalized spacial score (nSPS) is 12.6. The van der Waals surface area contributed by atoms with Crippen molar-refractivity contribution in [3.8, 4) is 11.5 Å². The molecule has 0 amide bonds. The summed E-state index contributed by atoms with van der Waals surface area (Å²) in [5, 5.41) is 21.8. The fourth-order valence-corrected chi connectivity index (χ4v) is 3.82. The Hall–Kier alpha value is -1.53. The molecular weight excluding hydrogens is 327 g/mol. The summed E-state index contributed by atoms with van der Waals surface area (Å²) in [6.45, 7) is 12.6. The number of hydrogen-bond donors (Lipinski definition) is 2. The molecule has 0 heterocycles. The summed E-state index contributed by atoms with van der Waals surface area (Å²) in [6, 6.07) is 11.9. The van der Waals surface area contributed by atoms with Crippen LogP contribution in [0.4, 0.5) is 0 Å². The second kappa shape index (κ2) is 7.00. The molecule has 0 saturated heterocycles. The van der Waals surface area contributed by atoms with Crippen LogP contribution in [-0.2, 0) is 10.8 Å². The molecule has 2 nitrogen and oxygen atoms in total. The molecule has 0 aliphatic rings. The molecule has 25 heavy (non-hydrogen) atoms. The molecular formula is C22H31O2P. The zero-order chi connectivity index (χ0) is 19.0. The first-order valence-corrected chi connectivity index (χ1v) is 9.65. The van der Waals surface area contributed by atoms with Gasteiger partial charge in [-0.1, -0.05) is 77.9 Å². The molecule has 0 saturated carbocycles. The van der Waals surface area contributed by atoms with Crippen molar-refractivity contribution < 1.29 is 10.2 Å². The van der Waals surface area contributed by atoms with Gasteiger partial charge in [0.2, 0.25) is 0 Å². The predicted molar refractivity (Wildman–Crippen MR) is 110 cm³/mol. The molecule has 136 valence electrons. The Labute approximate surface area is 154 Å². The van der Waals surface area contributed by atoms with Crippen LogP contribution in [0.5, 0.6) is 11.5 Å². The highest BCUT2D eigenvalue weighted by Crippen LogP contribution is 2.43. The van der Waals surface area contributed by atoms with Crippen LogP contribution in [0, 0.1) is 0 Å². The van der Waals surface area contributed by atoms with Crippen molar-refractivity contribution in [1.82, 2.24) is 0 Å². The van der Waals surface area contributed by atoms with Gasteiger partial charge in [0.05, 0.1) is 0 Å². The van der Waals surface area contributed by atoms with Crippen LogP contribution in [0.15, 0.2) is 36.4 Å². The van der Waals surface area contributed by atoms with Gasteiger partial charge in [0.25, 0.3) is 0 Å². The van der Waals surface area contributed by atoms with E-state index in [4.69, 9.17) is 0 Å².